The van der Waals surface area contributed by atoms with Gasteiger partial charge in [-0.1, -0.05) is 26.8 Å². The molecule has 3 unspecified atom stereocenters. The van der Waals surface area contributed by atoms with E-state index >= 15 is 0 Å². The summed E-state index contributed by atoms with van der Waals surface area (Å²) in [6, 6.07) is 4.84. The van der Waals surface area contributed by atoms with Gasteiger partial charge >= 0.3 is 0 Å². The van der Waals surface area contributed by atoms with E-state index in [-0.39, 0.29) is 0 Å². The molecule has 1 aromatic heterocycles. The second kappa shape index (κ2) is 4.06. The number of aromatic nitrogens is 1. The lowest BCUT2D eigenvalue weighted by atomic mass is 9.69. The van der Waals surface area contributed by atoms with Crippen LogP contribution < -0.4 is 5.32 Å². The largest absolute Gasteiger partial charge is 0.309 e. The first kappa shape index (κ1) is 12.2. The Bertz CT molecular complexity index is 426. The lowest BCUT2D eigenvalue weighted by Gasteiger charge is -2.39. The minimum Gasteiger partial charge on any atom is -0.309 e. The molecule has 1 heterocycles. The molecule has 2 aliphatic rings. The summed E-state index contributed by atoms with van der Waals surface area (Å²) < 4.78 is 0. The summed E-state index contributed by atoms with van der Waals surface area (Å²) in [5, 5.41) is 3.79. The number of nitrogens with zero attached hydrogens (tertiary/aromatic N) is 1. The second-order valence-corrected chi connectivity index (χ2v) is 6.91. The van der Waals surface area contributed by atoms with Gasteiger partial charge in [0.2, 0.25) is 0 Å². The predicted octanol–water partition coefficient (Wildman–Crippen LogP) is 3.39. The molecule has 0 radical (unpaired) electrons. The molecule has 2 heteroatoms. The van der Waals surface area contributed by atoms with Crippen molar-refractivity contribution in [2.75, 3.05) is 0 Å². The summed E-state index contributed by atoms with van der Waals surface area (Å²) in [4.78, 5) is 4.18. The Hall–Kier alpha value is -0.890. The molecular weight excluding hydrogens is 220 g/mol. The summed E-state index contributed by atoms with van der Waals surface area (Å²) in [7, 11) is 0. The molecule has 2 aliphatic carbocycles. The first-order valence-electron chi connectivity index (χ1n) is 7.16. The van der Waals surface area contributed by atoms with Crippen molar-refractivity contribution in [3.05, 3.63) is 30.1 Å². The van der Waals surface area contributed by atoms with E-state index in [1.807, 2.05) is 18.5 Å². The highest BCUT2D eigenvalue weighted by atomic mass is 15.0. The highest BCUT2D eigenvalue weighted by molar-refractivity contribution is 5.14. The Morgan fingerprint density at radius 1 is 1.39 bits per heavy atom. The molecule has 0 aromatic carbocycles. The lowest BCUT2D eigenvalue weighted by Crippen LogP contribution is -2.44. The smallest absolute Gasteiger partial charge is 0.0312 e. The summed E-state index contributed by atoms with van der Waals surface area (Å²) in [5.74, 6) is 0.911. The molecule has 2 nitrogen and oxygen atoms in total. The normalized spacial score (nSPS) is 37.1. The Labute approximate surface area is 110 Å². The zero-order chi connectivity index (χ0) is 12.8. The monoisotopic (exact) mass is 244 g/mol. The van der Waals surface area contributed by atoms with E-state index in [4.69, 9.17) is 0 Å². The highest BCUT2D eigenvalue weighted by Gasteiger charge is 2.60. The van der Waals surface area contributed by atoms with E-state index in [1.165, 1.54) is 24.8 Å². The fraction of sp³-hybridized carbons (Fsp3) is 0.688. The van der Waals surface area contributed by atoms with Crippen molar-refractivity contribution in [3.8, 4) is 0 Å². The van der Waals surface area contributed by atoms with Crippen LogP contribution in [0.15, 0.2) is 24.5 Å². The molecule has 1 aromatic rings. The van der Waals surface area contributed by atoms with Gasteiger partial charge in [-0.05, 0) is 47.6 Å². The van der Waals surface area contributed by atoms with Gasteiger partial charge in [0.05, 0.1) is 0 Å². The van der Waals surface area contributed by atoms with E-state index in [0.29, 0.717) is 16.9 Å². The van der Waals surface area contributed by atoms with Gasteiger partial charge < -0.3 is 5.32 Å². The van der Waals surface area contributed by atoms with Crippen LogP contribution in [0.5, 0.6) is 0 Å². The second-order valence-electron chi connectivity index (χ2n) is 6.91. The van der Waals surface area contributed by atoms with Gasteiger partial charge in [0, 0.05) is 25.0 Å². The maximum Gasteiger partial charge on any atom is 0.0312 e. The first-order chi connectivity index (χ1) is 8.54. The molecule has 0 saturated heterocycles. The van der Waals surface area contributed by atoms with Gasteiger partial charge in [-0.2, -0.15) is 0 Å². The van der Waals surface area contributed by atoms with Gasteiger partial charge in [-0.25, -0.2) is 0 Å². The predicted molar refractivity (Wildman–Crippen MR) is 74.1 cm³/mol. The van der Waals surface area contributed by atoms with E-state index in [0.717, 1.165) is 12.5 Å². The molecular formula is C16H24N2. The van der Waals surface area contributed by atoms with Crippen LogP contribution in [0, 0.1) is 16.7 Å². The van der Waals surface area contributed by atoms with Crippen molar-refractivity contribution in [2.45, 2.75) is 52.6 Å². The number of rotatable bonds is 3. The van der Waals surface area contributed by atoms with E-state index in [1.54, 1.807) is 0 Å². The SMILES string of the molecule is CC1(C)C2CCC1(C)C(NCc1cccnc1)C2. The Morgan fingerprint density at radius 2 is 2.22 bits per heavy atom. The van der Waals surface area contributed by atoms with Crippen molar-refractivity contribution in [2.24, 2.45) is 16.7 Å². The molecule has 0 amide bonds. The average Bonchev–Trinajstić information content (AvgIpc) is 2.70. The number of hydrogen-bond donors (Lipinski definition) is 1. The fourth-order valence-electron chi connectivity index (χ4n) is 4.26. The molecule has 3 rings (SSSR count). The molecule has 2 fully saturated rings. The summed E-state index contributed by atoms with van der Waals surface area (Å²) in [6.45, 7) is 8.38. The van der Waals surface area contributed by atoms with Gasteiger partial charge in [-0.15, -0.1) is 0 Å². The maximum absolute atomic E-state index is 4.18. The number of pyridine rings is 1. The quantitative estimate of drug-likeness (QED) is 0.881. The van der Waals surface area contributed by atoms with Crippen LogP contribution >= 0.6 is 0 Å². The standard InChI is InChI=1S/C16H24N2/c1-15(2)13-6-7-16(15,3)14(9-13)18-11-12-5-4-8-17-10-12/h4-5,8,10,13-14,18H,6-7,9,11H2,1-3H3. The Morgan fingerprint density at radius 3 is 2.78 bits per heavy atom. The zero-order valence-corrected chi connectivity index (χ0v) is 11.7. The minimum absolute atomic E-state index is 0.472. The number of hydrogen-bond acceptors (Lipinski definition) is 2. The molecule has 2 saturated carbocycles. The summed E-state index contributed by atoms with van der Waals surface area (Å²) in [5.41, 5.74) is 2.26. The van der Waals surface area contributed by atoms with E-state index < -0.39 is 0 Å². The third-order valence-electron chi connectivity index (χ3n) is 6.07. The lowest BCUT2D eigenvalue weighted by molar-refractivity contribution is 0.120. The molecule has 1 N–H and O–H groups in total. The Kier molecular flexibility index (Phi) is 2.74. The summed E-state index contributed by atoms with van der Waals surface area (Å²) in [6.07, 6.45) is 7.97. The third-order valence-corrected chi connectivity index (χ3v) is 6.07. The molecule has 3 atom stereocenters. The van der Waals surface area contributed by atoms with Crippen LogP contribution in [-0.4, -0.2) is 11.0 Å². The number of fused-ring (bicyclic) bond motifs is 2. The topological polar surface area (TPSA) is 24.9 Å². The van der Waals surface area contributed by atoms with E-state index in [9.17, 15) is 0 Å². The van der Waals surface area contributed by atoms with Crippen molar-refractivity contribution < 1.29 is 0 Å². The van der Waals surface area contributed by atoms with Crippen molar-refractivity contribution in [3.63, 3.8) is 0 Å². The van der Waals surface area contributed by atoms with Gasteiger partial charge in [0.15, 0.2) is 0 Å². The fourth-order valence-corrected chi connectivity index (χ4v) is 4.26. The molecule has 98 valence electrons. The molecule has 18 heavy (non-hydrogen) atoms. The first-order valence-corrected chi connectivity index (χ1v) is 7.16. The van der Waals surface area contributed by atoms with Crippen LogP contribution in [-0.2, 0) is 6.54 Å². The maximum atomic E-state index is 4.18. The van der Waals surface area contributed by atoms with Crippen LogP contribution in [0.1, 0.15) is 45.6 Å². The van der Waals surface area contributed by atoms with Gasteiger partial charge in [0.25, 0.3) is 0 Å². The van der Waals surface area contributed by atoms with Crippen LogP contribution in [0.4, 0.5) is 0 Å². The average molecular weight is 244 g/mol. The molecule has 0 aliphatic heterocycles. The molecule has 0 spiro atoms. The van der Waals surface area contributed by atoms with Gasteiger partial charge in [0.1, 0.15) is 0 Å². The van der Waals surface area contributed by atoms with Crippen LogP contribution in [0.2, 0.25) is 0 Å². The zero-order valence-electron chi connectivity index (χ0n) is 11.7. The minimum atomic E-state index is 0.472. The molecule has 2 bridgehead atoms. The van der Waals surface area contributed by atoms with E-state index in [2.05, 4.69) is 37.1 Å². The van der Waals surface area contributed by atoms with Gasteiger partial charge in [-0.3, -0.25) is 4.98 Å². The van der Waals surface area contributed by atoms with Crippen LogP contribution in [0.3, 0.4) is 0 Å². The highest BCUT2D eigenvalue weighted by Crippen LogP contribution is 2.65. The van der Waals surface area contributed by atoms with Crippen molar-refractivity contribution in [1.29, 1.82) is 0 Å². The van der Waals surface area contributed by atoms with Crippen LogP contribution in [0.25, 0.3) is 0 Å². The van der Waals surface area contributed by atoms with Crippen molar-refractivity contribution >= 4 is 0 Å². The number of nitrogens with one attached hydrogen (secondary N) is 1. The third kappa shape index (κ3) is 1.62. The van der Waals surface area contributed by atoms with Crippen molar-refractivity contribution in [1.82, 2.24) is 10.3 Å². The summed E-state index contributed by atoms with van der Waals surface area (Å²) >= 11 is 0. The Balaban J connectivity index is 1.69.